The summed E-state index contributed by atoms with van der Waals surface area (Å²) in [5.74, 6) is 0.488. The van der Waals surface area contributed by atoms with Gasteiger partial charge in [-0.3, -0.25) is 0 Å². The number of fused-ring (bicyclic) bond motifs is 4. The Labute approximate surface area is 300 Å². The minimum absolute atomic E-state index is 0. The molecule has 0 saturated carbocycles. The average Bonchev–Trinajstić information content (AvgIpc) is 3.63. The van der Waals surface area contributed by atoms with E-state index in [0.717, 1.165) is 0 Å². The maximum Gasteiger partial charge on any atom is -0.147 e. The van der Waals surface area contributed by atoms with Crippen molar-refractivity contribution in [1.82, 2.24) is 0 Å². The van der Waals surface area contributed by atoms with E-state index in [9.17, 15) is 0 Å². The summed E-state index contributed by atoms with van der Waals surface area (Å²) in [5, 5.41) is 5.27. The van der Waals surface area contributed by atoms with Crippen LogP contribution in [0.3, 0.4) is 0 Å². The van der Waals surface area contributed by atoms with Gasteiger partial charge in [0.25, 0.3) is 0 Å². The molecule has 0 nitrogen and oxygen atoms in total. The van der Waals surface area contributed by atoms with E-state index in [1.165, 1.54) is 54.9 Å². The Morgan fingerprint density at radius 2 is 0.938 bits per heavy atom. The van der Waals surface area contributed by atoms with Crippen molar-refractivity contribution in [2.45, 2.75) is 37.3 Å². The van der Waals surface area contributed by atoms with Crippen LogP contribution in [0.1, 0.15) is 50.3 Å². The van der Waals surface area contributed by atoms with Crippen LogP contribution in [0.15, 0.2) is 132 Å². The van der Waals surface area contributed by atoms with Gasteiger partial charge in [0, 0.05) is 0 Å². The van der Waals surface area contributed by atoms with E-state index in [2.05, 4.69) is 170 Å². The molecule has 6 aromatic carbocycles. The zero-order valence-electron chi connectivity index (χ0n) is 28.5. The summed E-state index contributed by atoms with van der Waals surface area (Å²) < 4.78 is 6.51. The quantitative estimate of drug-likeness (QED) is 0.153. The van der Waals surface area contributed by atoms with Crippen LogP contribution in [-0.4, -0.2) is 6.88 Å². The predicted octanol–water partition coefficient (Wildman–Crippen LogP) is 12.8. The topological polar surface area (TPSA) is 0 Å². The number of halogens is 2. The Kier molecular flexibility index (Phi) is 9.23. The molecule has 8 rings (SSSR count). The third-order valence-electron chi connectivity index (χ3n) is 11.1. The Hall–Kier alpha value is -3.00. The van der Waals surface area contributed by atoms with E-state index in [0.29, 0.717) is 13.2 Å². The maximum atomic E-state index is 2.77. The molecule has 0 aromatic heterocycles. The van der Waals surface area contributed by atoms with Crippen molar-refractivity contribution < 1.29 is 17.4 Å². The summed E-state index contributed by atoms with van der Waals surface area (Å²) in [7, 11) is 0. The Morgan fingerprint density at radius 1 is 0.521 bits per heavy atom. The SMILES string of the molecule is CC1=Cc2c(-c3cccc4ccccc34)cccc2[CH]1[Zr]([CH3])([CH3])(=[SiH2])[CH]1C(C(C)C)=Cc2c(-c3cccc4ccccc34)cccc21.Cl.Cl. The van der Waals surface area contributed by atoms with Gasteiger partial charge in [-0.15, -0.1) is 24.8 Å². The minimum atomic E-state index is -3.72. The van der Waals surface area contributed by atoms with Gasteiger partial charge in [-0.1, -0.05) is 0 Å². The van der Waals surface area contributed by atoms with E-state index in [4.69, 9.17) is 0 Å². The molecule has 4 heteroatoms. The molecule has 242 valence electrons. The first-order valence-corrected chi connectivity index (χ1v) is 30.5. The number of allylic oxidation sites excluding steroid dienone is 2. The van der Waals surface area contributed by atoms with E-state index in [-0.39, 0.29) is 24.8 Å². The fourth-order valence-corrected chi connectivity index (χ4v) is 29.9. The molecule has 0 saturated heterocycles. The molecule has 0 amide bonds. The van der Waals surface area contributed by atoms with Gasteiger partial charge in [-0.25, -0.2) is 0 Å². The summed E-state index contributed by atoms with van der Waals surface area (Å²) in [4.78, 5) is 0. The smallest absolute Gasteiger partial charge is 0.147 e. The molecular weight excluding hydrogens is 719 g/mol. The van der Waals surface area contributed by atoms with Gasteiger partial charge in [0.1, 0.15) is 0 Å². The van der Waals surface area contributed by atoms with Gasteiger partial charge in [-0.05, 0) is 0 Å². The van der Waals surface area contributed by atoms with Crippen molar-refractivity contribution in [3.63, 3.8) is 0 Å². The van der Waals surface area contributed by atoms with Crippen molar-refractivity contribution in [1.29, 1.82) is 0 Å². The molecule has 6 aromatic rings. The zero-order chi connectivity index (χ0) is 31.8. The van der Waals surface area contributed by atoms with Crippen molar-refractivity contribution in [3.05, 3.63) is 155 Å². The standard InChI is InChI=1S/C22H19.C20H15.2CH3.2ClH.H2Si.Zr/c1-15(2)18-13-17-9-6-12-21(22(17)14-18)20-11-5-8-16-7-3-4-10-19(16)20;1-14-12-16-8-5-11-19(20(16)13-14)18-10-4-7-15-6-2-3-9-17(15)18;;;;;;/h3-15H,1-2H3;2-13H,1H3;2*1H3;2*1H;1H2;. The molecule has 0 heterocycles. The number of rotatable bonds is 5. The van der Waals surface area contributed by atoms with Crippen molar-refractivity contribution in [2.24, 2.45) is 5.92 Å². The van der Waals surface area contributed by atoms with Crippen LogP contribution in [0.2, 0.25) is 9.26 Å². The van der Waals surface area contributed by atoms with Crippen LogP contribution in [0.4, 0.5) is 0 Å². The molecule has 2 aliphatic rings. The largest absolute Gasteiger partial charge is 0.147 e. The van der Waals surface area contributed by atoms with Crippen LogP contribution in [-0.2, 0) is 17.4 Å². The molecule has 2 aliphatic carbocycles. The fraction of sp³-hybridized carbons (Fsp3) is 0.182. The monoisotopic (exact) mass is 760 g/mol. The van der Waals surface area contributed by atoms with Crippen molar-refractivity contribution in [2.75, 3.05) is 0 Å². The normalized spacial score (nSPS) is 17.0. The van der Waals surface area contributed by atoms with Crippen LogP contribution >= 0.6 is 24.8 Å². The molecule has 0 radical (unpaired) electrons. The Morgan fingerprint density at radius 3 is 1.46 bits per heavy atom. The molecule has 0 aliphatic heterocycles. The third-order valence-corrected chi connectivity index (χ3v) is 28.7. The van der Waals surface area contributed by atoms with E-state index in [1.807, 2.05) is 0 Å². The van der Waals surface area contributed by atoms with Gasteiger partial charge in [-0.2, -0.15) is 0 Å². The number of hydrogen-bond acceptors (Lipinski definition) is 0. The molecular formula is C44H44Cl2SiZr. The van der Waals surface area contributed by atoms with Crippen LogP contribution in [0.5, 0.6) is 0 Å². The predicted molar refractivity (Wildman–Crippen MR) is 215 cm³/mol. The van der Waals surface area contributed by atoms with Gasteiger partial charge < -0.3 is 0 Å². The molecule has 0 N–H and O–H groups in total. The zero-order valence-corrected chi connectivity index (χ0v) is 34.0. The second-order valence-electron chi connectivity index (χ2n) is 15.2. The maximum absolute atomic E-state index is 3.72. The van der Waals surface area contributed by atoms with E-state index >= 15 is 0 Å². The summed E-state index contributed by atoms with van der Waals surface area (Å²) in [6.45, 7) is 9.71. The van der Waals surface area contributed by atoms with Gasteiger partial charge in [0.15, 0.2) is 0 Å². The van der Waals surface area contributed by atoms with Crippen LogP contribution in [0, 0.1) is 5.92 Å². The van der Waals surface area contributed by atoms with Crippen molar-refractivity contribution >= 4 is 65.4 Å². The van der Waals surface area contributed by atoms with Gasteiger partial charge in [0.2, 0.25) is 0 Å². The van der Waals surface area contributed by atoms with E-state index in [1.54, 1.807) is 22.3 Å². The minimum Gasteiger partial charge on any atom is -0.147 e. The number of hydrogen-bond donors (Lipinski definition) is 0. The summed E-state index contributed by atoms with van der Waals surface area (Å²) in [6, 6.07) is 45.5. The molecule has 0 spiro atoms. The Balaban J connectivity index is 0.00000201. The Bertz CT molecular complexity index is 2350. The first-order valence-electron chi connectivity index (χ1n) is 16.8. The first kappa shape index (κ1) is 34.8. The fourth-order valence-electron chi connectivity index (χ4n) is 9.35. The van der Waals surface area contributed by atoms with Gasteiger partial charge in [0.05, 0.1) is 0 Å². The molecule has 0 bridgehead atoms. The summed E-state index contributed by atoms with van der Waals surface area (Å²) in [6.07, 6.45) is 5.16. The average molecular weight is 763 g/mol. The molecule has 2 unspecified atom stereocenters. The van der Waals surface area contributed by atoms with Gasteiger partial charge >= 0.3 is 278 Å². The van der Waals surface area contributed by atoms with E-state index < -0.39 is 17.4 Å². The molecule has 2 atom stereocenters. The van der Waals surface area contributed by atoms with Crippen molar-refractivity contribution in [3.8, 4) is 22.3 Å². The van der Waals surface area contributed by atoms with Crippen LogP contribution in [0.25, 0.3) is 56.0 Å². The first-order chi connectivity index (χ1) is 22.1. The summed E-state index contributed by atoms with van der Waals surface area (Å²) in [5.41, 5.74) is 14.6. The second-order valence-corrected chi connectivity index (χ2v) is 45.6. The van der Waals surface area contributed by atoms with Crippen LogP contribution < -0.4 is 0 Å². The second kappa shape index (κ2) is 12.7. The number of benzene rings is 6. The molecule has 48 heavy (non-hydrogen) atoms. The summed E-state index contributed by atoms with van der Waals surface area (Å²) >= 11 is -3.72. The third kappa shape index (κ3) is 5.36. The molecule has 0 fully saturated rings.